The molecule has 0 aliphatic rings. The molecular formula is C12H21NO4S. The van der Waals surface area contributed by atoms with Crippen LogP contribution in [-0.4, -0.2) is 19.1 Å². The van der Waals surface area contributed by atoms with Gasteiger partial charge in [-0.1, -0.05) is 6.92 Å². The average molecular weight is 275 g/mol. The Bertz CT molecular complexity index is 529. The van der Waals surface area contributed by atoms with Gasteiger partial charge in [-0.2, -0.15) is 0 Å². The molecule has 0 spiro atoms. The molecule has 1 heterocycles. The predicted octanol–water partition coefficient (Wildman–Crippen LogP) is 1.86. The van der Waals surface area contributed by atoms with Crippen molar-refractivity contribution in [2.45, 2.75) is 58.1 Å². The first kappa shape index (κ1) is 15.2. The number of aryl methyl sites for hydroxylation is 2. The molecule has 0 saturated carbocycles. The normalized spacial score (nSPS) is 13.0. The van der Waals surface area contributed by atoms with Crippen molar-refractivity contribution in [3.8, 4) is 0 Å². The Morgan fingerprint density at radius 3 is 2.28 bits per heavy atom. The van der Waals surface area contributed by atoms with Gasteiger partial charge >= 0.3 is 0 Å². The maximum atomic E-state index is 12.3. The molecule has 0 bridgehead atoms. The summed E-state index contributed by atoms with van der Waals surface area (Å²) in [7, 11) is -3.69. The molecule has 1 aromatic heterocycles. The molecule has 0 aliphatic heterocycles. The van der Waals surface area contributed by atoms with E-state index in [1.54, 1.807) is 13.8 Å². The molecule has 104 valence electrons. The van der Waals surface area contributed by atoms with Gasteiger partial charge in [0, 0.05) is 11.1 Å². The Balaban J connectivity index is 3.29. The third-order valence-electron chi connectivity index (χ3n) is 3.05. The van der Waals surface area contributed by atoms with Crippen molar-refractivity contribution in [3.63, 3.8) is 0 Å². The van der Waals surface area contributed by atoms with Crippen molar-refractivity contribution < 1.29 is 17.9 Å². The minimum Gasteiger partial charge on any atom is -0.465 e. The Morgan fingerprint density at radius 1 is 1.28 bits per heavy atom. The molecule has 1 aromatic rings. The first-order chi connectivity index (χ1) is 8.14. The van der Waals surface area contributed by atoms with Gasteiger partial charge in [-0.3, -0.25) is 0 Å². The van der Waals surface area contributed by atoms with E-state index in [0.717, 1.165) is 0 Å². The maximum Gasteiger partial charge on any atom is 0.244 e. The van der Waals surface area contributed by atoms with Crippen LogP contribution in [0.25, 0.3) is 0 Å². The van der Waals surface area contributed by atoms with E-state index in [-0.39, 0.29) is 11.5 Å². The molecule has 0 unspecified atom stereocenters. The summed E-state index contributed by atoms with van der Waals surface area (Å²) in [6.45, 7) is 8.40. The third-order valence-corrected chi connectivity index (χ3v) is 4.94. The van der Waals surface area contributed by atoms with Crippen LogP contribution in [0.15, 0.2) is 9.31 Å². The van der Waals surface area contributed by atoms with E-state index < -0.39 is 15.6 Å². The highest BCUT2D eigenvalue weighted by Crippen LogP contribution is 2.27. The SMILES string of the molecule is CCC(C)(C)NS(=O)(=O)c1c(C)oc(C)c1CO. The highest BCUT2D eigenvalue weighted by Gasteiger charge is 2.31. The van der Waals surface area contributed by atoms with Crippen LogP contribution in [0.5, 0.6) is 0 Å². The Labute approximate surface area is 108 Å². The van der Waals surface area contributed by atoms with Gasteiger partial charge in [0.05, 0.1) is 6.61 Å². The summed E-state index contributed by atoms with van der Waals surface area (Å²) >= 11 is 0. The number of hydrogen-bond donors (Lipinski definition) is 2. The van der Waals surface area contributed by atoms with Crippen LogP contribution >= 0.6 is 0 Å². The average Bonchev–Trinajstić information content (AvgIpc) is 2.52. The quantitative estimate of drug-likeness (QED) is 0.859. The summed E-state index contributed by atoms with van der Waals surface area (Å²) in [5.74, 6) is 0.737. The molecule has 0 amide bonds. The summed E-state index contributed by atoms with van der Waals surface area (Å²) in [5.41, 5.74) is -0.213. The van der Waals surface area contributed by atoms with Crippen molar-refractivity contribution in [3.05, 3.63) is 17.1 Å². The molecule has 0 aromatic carbocycles. The summed E-state index contributed by atoms with van der Waals surface area (Å²) in [6, 6.07) is 0. The van der Waals surface area contributed by atoms with E-state index in [4.69, 9.17) is 4.42 Å². The van der Waals surface area contributed by atoms with E-state index in [9.17, 15) is 13.5 Å². The fourth-order valence-corrected chi connectivity index (χ4v) is 3.66. The standard InChI is InChI=1S/C12H21NO4S/c1-6-12(4,5)13-18(15,16)11-9(3)17-8(2)10(11)7-14/h13-14H,6-7H2,1-5H3. The summed E-state index contributed by atoms with van der Waals surface area (Å²) in [4.78, 5) is 0.0593. The number of rotatable bonds is 5. The lowest BCUT2D eigenvalue weighted by molar-refractivity contribution is 0.276. The Kier molecular flexibility index (Phi) is 4.25. The lowest BCUT2D eigenvalue weighted by Crippen LogP contribution is -2.43. The largest absolute Gasteiger partial charge is 0.465 e. The van der Waals surface area contributed by atoms with Gasteiger partial charge in [0.2, 0.25) is 10.0 Å². The highest BCUT2D eigenvalue weighted by atomic mass is 32.2. The van der Waals surface area contributed by atoms with E-state index in [0.29, 0.717) is 23.5 Å². The zero-order valence-electron chi connectivity index (χ0n) is 11.5. The number of aliphatic hydroxyl groups is 1. The van der Waals surface area contributed by atoms with Crippen LogP contribution < -0.4 is 4.72 Å². The number of aliphatic hydroxyl groups excluding tert-OH is 1. The summed E-state index contributed by atoms with van der Waals surface area (Å²) in [5, 5.41) is 9.28. The molecule has 2 N–H and O–H groups in total. The number of furan rings is 1. The van der Waals surface area contributed by atoms with Crippen LogP contribution in [-0.2, 0) is 16.6 Å². The fraction of sp³-hybridized carbons (Fsp3) is 0.667. The molecule has 0 fully saturated rings. The Hall–Kier alpha value is -0.850. The highest BCUT2D eigenvalue weighted by molar-refractivity contribution is 7.89. The van der Waals surface area contributed by atoms with E-state index in [1.807, 2.05) is 20.8 Å². The second-order valence-electron chi connectivity index (χ2n) is 5.02. The minimum atomic E-state index is -3.69. The van der Waals surface area contributed by atoms with Crippen LogP contribution in [0, 0.1) is 13.8 Å². The van der Waals surface area contributed by atoms with Crippen molar-refractivity contribution >= 4 is 10.0 Å². The minimum absolute atomic E-state index is 0.0593. The van der Waals surface area contributed by atoms with Gasteiger partial charge in [-0.15, -0.1) is 0 Å². The summed E-state index contributed by atoms with van der Waals surface area (Å²) < 4.78 is 32.6. The van der Waals surface area contributed by atoms with Crippen molar-refractivity contribution in [1.82, 2.24) is 4.72 Å². The topological polar surface area (TPSA) is 79.5 Å². The monoisotopic (exact) mass is 275 g/mol. The third kappa shape index (κ3) is 2.93. The molecule has 5 nitrogen and oxygen atoms in total. The van der Waals surface area contributed by atoms with Gasteiger partial charge in [0.1, 0.15) is 16.4 Å². The molecule has 0 aliphatic carbocycles. The van der Waals surface area contributed by atoms with Gasteiger partial charge in [-0.25, -0.2) is 13.1 Å². The predicted molar refractivity (Wildman–Crippen MR) is 68.8 cm³/mol. The Morgan fingerprint density at radius 2 is 1.83 bits per heavy atom. The number of sulfonamides is 1. The zero-order chi connectivity index (χ0) is 14.1. The van der Waals surface area contributed by atoms with Crippen molar-refractivity contribution in [1.29, 1.82) is 0 Å². The lowest BCUT2D eigenvalue weighted by Gasteiger charge is -2.24. The molecule has 18 heavy (non-hydrogen) atoms. The van der Waals surface area contributed by atoms with Crippen molar-refractivity contribution in [2.24, 2.45) is 0 Å². The first-order valence-corrected chi connectivity index (χ1v) is 7.36. The van der Waals surface area contributed by atoms with Gasteiger partial charge in [0.25, 0.3) is 0 Å². The van der Waals surface area contributed by atoms with Crippen molar-refractivity contribution in [2.75, 3.05) is 0 Å². The molecule has 6 heteroatoms. The fourth-order valence-electron chi connectivity index (χ4n) is 1.73. The molecule has 0 saturated heterocycles. The molecule has 1 rings (SSSR count). The van der Waals surface area contributed by atoms with E-state index in [1.165, 1.54) is 0 Å². The van der Waals surface area contributed by atoms with Crippen LogP contribution in [0.4, 0.5) is 0 Å². The van der Waals surface area contributed by atoms with Crippen LogP contribution in [0.3, 0.4) is 0 Å². The van der Waals surface area contributed by atoms with E-state index in [2.05, 4.69) is 4.72 Å². The van der Waals surface area contributed by atoms with Crippen LogP contribution in [0.2, 0.25) is 0 Å². The molecular weight excluding hydrogens is 254 g/mol. The molecule has 0 radical (unpaired) electrons. The van der Waals surface area contributed by atoms with Gasteiger partial charge in [-0.05, 0) is 34.1 Å². The zero-order valence-corrected chi connectivity index (χ0v) is 12.3. The first-order valence-electron chi connectivity index (χ1n) is 5.88. The summed E-state index contributed by atoms with van der Waals surface area (Å²) in [6.07, 6.45) is 0.663. The maximum absolute atomic E-state index is 12.3. The smallest absolute Gasteiger partial charge is 0.244 e. The molecule has 0 atom stereocenters. The lowest BCUT2D eigenvalue weighted by atomic mass is 10.0. The van der Waals surface area contributed by atoms with Gasteiger partial charge in [0.15, 0.2) is 0 Å². The number of hydrogen-bond acceptors (Lipinski definition) is 4. The van der Waals surface area contributed by atoms with E-state index >= 15 is 0 Å². The second-order valence-corrected chi connectivity index (χ2v) is 6.64. The van der Waals surface area contributed by atoms with Crippen LogP contribution in [0.1, 0.15) is 44.3 Å². The van der Waals surface area contributed by atoms with Gasteiger partial charge < -0.3 is 9.52 Å². The second kappa shape index (κ2) is 5.03. The number of nitrogens with one attached hydrogen (secondary N) is 1.